The van der Waals surface area contributed by atoms with E-state index in [0.29, 0.717) is 11.3 Å². The Hall–Kier alpha value is -2.79. The number of hydrogen-bond donors (Lipinski definition) is 1. The van der Waals surface area contributed by atoms with E-state index in [1.165, 1.54) is 0 Å². The molecule has 126 valence electrons. The van der Waals surface area contributed by atoms with Crippen molar-refractivity contribution in [3.8, 4) is 5.75 Å². The predicted octanol–water partition coefficient (Wildman–Crippen LogP) is 4.84. The van der Waals surface area contributed by atoms with Gasteiger partial charge in [0.05, 0.1) is 23.2 Å². The fraction of sp³-hybridized carbons (Fsp3) is 0.150. The molecule has 1 aliphatic rings. The molecule has 1 aromatic heterocycles. The summed E-state index contributed by atoms with van der Waals surface area (Å²) in [6.45, 7) is 2.07. The number of benzene rings is 2. The number of nitrogens with zero attached hydrogens (tertiary/aromatic N) is 1. The van der Waals surface area contributed by atoms with Crippen LogP contribution >= 0.6 is 11.3 Å². The first-order valence-corrected chi connectivity index (χ1v) is 8.95. The van der Waals surface area contributed by atoms with Crippen LogP contribution in [0.25, 0.3) is 0 Å². The lowest BCUT2D eigenvalue weighted by Crippen LogP contribution is -2.43. The normalized spacial score (nSPS) is 16.3. The number of nitrogens with one attached hydrogen (secondary N) is 1. The zero-order valence-corrected chi connectivity index (χ0v) is 14.8. The number of anilines is 2. The number of carbonyl (C=O) groups excluding carboxylic acids is 1. The van der Waals surface area contributed by atoms with Gasteiger partial charge in [0, 0.05) is 5.69 Å². The minimum absolute atomic E-state index is 0.0309. The lowest BCUT2D eigenvalue weighted by molar-refractivity contribution is 0.0974. The highest BCUT2D eigenvalue weighted by molar-refractivity contribution is 7.10. The van der Waals surface area contributed by atoms with E-state index in [1.54, 1.807) is 23.3 Å². The molecule has 1 aliphatic heterocycles. The minimum atomic E-state index is -0.265. The van der Waals surface area contributed by atoms with Crippen LogP contribution in [0.3, 0.4) is 0 Å². The van der Waals surface area contributed by atoms with Gasteiger partial charge in [0.25, 0.3) is 5.91 Å². The lowest BCUT2D eigenvalue weighted by atomic mass is 10.0. The summed E-state index contributed by atoms with van der Waals surface area (Å²) in [6, 6.07) is 17.3. The van der Waals surface area contributed by atoms with Gasteiger partial charge in [-0.2, -0.15) is 0 Å². The number of aryl methyl sites for hydroxylation is 1. The topological polar surface area (TPSA) is 41.6 Å². The van der Waals surface area contributed by atoms with Crippen LogP contribution in [-0.2, 0) is 0 Å². The van der Waals surface area contributed by atoms with Gasteiger partial charge >= 0.3 is 0 Å². The maximum absolute atomic E-state index is 13.3. The van der Waals surface area contributed by atoms with Crippen LogP contribution in [0, 0.1) is 6.92 Å². The van der Waals surface area contributed by atoms with Crippen molar-refractivity contribution in [2.75, 3.05) is 17.3 Å². The summed E-state index contributed by atoms with van der Waals surface area (Å²) >= 11 is 1.65. The minimum Gasteiger partial charge on any atom is -0.495 e. The number of carbonyl (C=O) groups is 1. The van der Waals surface area contributed by atoms with E-state index in [1.807, 2.05) is 48.5 Å². The molecular weight excluding hydrogens is 332 g/mol. The van der Waals surface area contributed by atoms with Gasteiger partial charge in [-0.25, -0.2) is 0 Å². The molecule has 0 saturated carbocycles. The van der Waals surface area contributed by atoms with Crippen molar-refractivity contribution in [3.05, 3.63) is 76.0 Å². The van der Waals surface area contributed by atoms with Gasteiger partial charge < -0.3 is 10.1 Å². The second kappa shape index (κ2) is 6.26. The first-order valence-electron chi connectivity index (χ1n) is 8.07. The molecule has 3 aromatic rings. The maximum atomic E-state index is 13.3. The Kier molecular flexibility index (Phi) is 3.93. The zero-order valence-electron chi connectivity index (χ0n) is 14.0. The Balaban J connectivity index is 1.91. The second-order valence-electron chi connectivity index (χ2n) is 5.91. The highest BCUT2D eigenvalue weighted by atomic mass is 32.1. The van der Waals surface area contributed by atoms with Crippen molar-refractivity contribution >= 4 is 28.6 Å². The van der Waals surface area contributed by atoms with E-state index >= 15 is 0 Å². The largest absolute Gasteiger partial charge is 0.495 e. The van der Waals surface area contributed by atoms with E-state index in [0.717, 1.165) is 21.8 Å². The molecule has 0 fully saturated rings. The number of para-hydroxylation sites is 3. The average Bonchev–Trinajstić information content (AvgIpc) is 3.07. The van der Waals surface area contributed by atoms with Crippen LogP contribution < -0.4 is 15.0 Å². The Bertz CT molecular complexity index is 935. The molecule has 2 aromatic carbocycles. The molecule has 0 spiro atoms. The van der Waals surface area contributed by atoms with Crippen molar-refractivity contribution in [3.63, 3.8) is 0 Å². The smallest absolute Gasteiger partial charge is 0.262 e. The third-order valence-electron chi connectivity index (χ3n) is 4.42. The van der Waals surface area contributed by atoms with Crippen LogP contribution in [-0.4, -0.2) is 13.0 Å². The number of ether oxygens (including phenoxy) is 1. The van der Waals surface area contributed by atoms with E-state index < -0.39 is 0 Å². The van der Waals surface area contributed by atoms with Gasteiger partial charge in [0.1, 0.15) is 11.9 Å². The molecule has 1 unspecified atom stereocenters. The first-order chi connectivity index (χ1) is 12.2. The summed E-state index contributed by atoms with van der Waals surface area (Å²) in [5.41, 5.74) is 3.44. The summed E-state index contributed by atoms with van der Waals surface area (Å²) < 4.78 is 5.51. The molecule has 25 heavy (non-hydrogen) atoms. The number of thiophene rings is 1. The number of rotatable bonds is 3. The molecule has 0 bridgehead atoms. The van der Waals surface area contributed by atoms with Crippen LogP contribution in [0.5, 0.6) is 5.75 Å². The van der Waals surface area contributed by atoms with Crippen LogP contribution in [0.4, 0.5) is 11.4 Å². The van der Waals surface area contributed by atoms with Crippen LogP contribution in [0.1, 0.15) is 27.0 Å². The van der Waals surface area contributed by atoms with E-state index in [4.69, 9.17) is 4.74 Å². The average molecular weight is 350 g/mol. The van der Waals surface area contributed by atoms with Crippen LogP contribution in [0.2, 0.25) is 0 Å². The van der Waals surface area contributed by atoms with Crippen LogP contribution in [0.15, 0.2) is 60.0 Å². The molecule has 1 amide bonds. The van der Waals surface area contributed by atoms with E-state index in [9.17, 15) is 4.79 Å². The molecular formula is C20H18N2O2S. The van der Waals surface area contributed by atoms with E-state index in [-0.39, 0.29) is 12.1 Å². The molecule has 1 N–H and O–H groups in total. The highest BCUT2D eigenvalue weighted by Crippen LogP contribution is 2.42. The summed E-state index contributed by atoms with van der Waals surface area (Å²) in [7, 11) is 1.63. The molecule has 4 nitrogen and oxygen atoms in total. The Morgan fingerprint density at radius 2 is 1.84 bits per heavy atom. The molecule has 1 atom stereocenters. The van der Waals surface area contributed by atoms with Gasteiger partial charge in [-0.15, -0.1) is 11.3 Å². The highest BCUT2D eigenvalue weighted by Gasteiger charge is 2.36. The van der Waals surface area contributed by atoms with Crippen molar-refractivity contribution in [2.45, 2.75) is 13.1 Å². The molecule has 2 heterocycles. The Morgan fingerprint density at radius 1 is 1.08 bits per heavy atom. The van der Waals surface area contributed by atoms with Crippen molar-refractivity contribution in [1.82, 2.24) is 0 Å². The monoisotopic (exact) mass is 350 g/mol. The molecule has 0 saturated heterocycles. The predicted molar refractivity (Wildman–Crippen MR) is 102 cm³/mol. The van der Waals surface area contributed by atoms with Gasteiger partial charge in [0.2, 0.25) is 0 Å². The zero-order chi connectivity index (χ0) is 17.4. The van der Waals surface area contributed by atoms with Crippen molar-refractivity contribution in [1.29, 1.82) is 0 Å². The van der Waals surface area contributed by atoms with Gasteiger partial charge in [-0.3, -0.25) is 9.69 Å². The summed E-state index contributed by atoms with van der Waals surface area (Å²) in [6.07, 6.45) is -0.265. The second-order valence-corrected chi connectivity index (χ2v) is 6.86. The third kappa shape index (κ3) is 2.57. The van der Waals surface area contributed by atoms with E-state index in [2.05, 4.69) is 23.7 Å². The SMILES string of the molecule is COc1ccccc1N1C(=O)c2ccccc2NC1c1sccc1C. The summed E-state index contributed by atoms with van der Waals surface area (Å²) in [5.74, 6) is 0.646. The Morgan fingerprint density at radius 3 is 2.60 bits per heavy atom. The van der Waals surface area contributed by atoms with Gasteiger partial charge in [0.15, 0.2) is 0 Å². The Labute approximate surface area is 150 Å². The molecule has 4 rings (SSSR count). The summed E-state index contributed by atoms with van der Waals surface area (Å²) in [4.78, 5) is 16.2. The quantitative estimate of drug-likeness (QED) is 0.735. The number of hydrogen-bond acceptors (Lipinski definition) is 4. The summed E-state index contributed by atoms with van der Waals surface area (Å²) in [5, 5.41) is 5.58. The molecule has 0 aliphatic carbocycles. The number of fused-ring (bicyclic) bond motifs is 1. The maximum Gasteiger partial charge on any atom is 0.262 e. The number of amides is 1. The standard InChI is InChI=1S/C20H18N2O2S/c1-13-11-12-25-18(13)19-21-15-8-4-3-7-14(15)20(23)22(19)16-9-5-6-10-17(16)24-2/h3-12,19,21H,1-2H3. The van der Waals surface area contributed by atoms with Crippen molar-refractivity contribution < 1.29 is 9.53 Å². The van der Waals surface area contributed by atoms with Crippen molar-refractivity contribution in [2.24, 2.45) is 0 Å². The molecule has 0 radical (unpaired) electrons. The fourth-order valence-corrected chi connectivity index (χ4v) is 4.14. The first kappa shape index (κ1) is 15.7. The molecule has 5 heteroatoms. The van der Waals surface area contributed by atoms with Gasteiger partial charge in [-0.1, -0.05) is 24.3 Å². The number of methoxy groups -OCH3 is 1. The fourth-order valence-electron chi connectivity index (χ4n) is 3.18. The lowest BCUT2D eigenvalue weighted by Gasteiger charge is -2.38. The van der Waals surface area contributed by atoms with Gasteiger partial charge in [-0.05, 0) is 48.2 Å². The third-order valence-corrected chi connectivity index (χ3v) is 5.49.